The summed E-state index contributed by atoms with van der Waals surface area (Å²) in [7, 11) is 1.02. The Morgan fingerprint density at radius 1 is 1.08 bits per heavy atom. The molecule has 0 amide bonds. The molecule has 0 nitrogen and oxygen atoms in total. The first-order valence-electron chi connectivity index (χ1n) is 4.37. The first-order chi connectivity index (χ1) is 5.58. The zero-order valence-electron chi connectivity index (χ0n) is 8.50. The summed E-state index contributed by atoms with van der Waals surface area (Å²) in [6, 6.07) is 10.7. The van der Waals surface area contributed by atoms with Gasteiger partial charge < -0.3 is 0 Å². The lowest BCUT2D eigenvalue weighted by molar-refractivity contribution is 0.792. The van der Waals surface area contributed by atoms with Crippen LogP contribution in [-0.2, 0) is 6.16 Å². The molecule has 0 N–H and O–H groups in total. The van der Waals surface area contributed by atoms with Gasteiger partial charge in [0.15, 0.2) is 0 Å². The summed E-state index contributed by atoms with van der Waals surface area (Å²) < 4.78 is 0. The van der Waals surface area contributed by atoms with Crippen LogP contribution in [0, 0.1) is 0 Å². The normalized spacial score (nSPS) is 11.6. The summed E-state index contributed by atoms with van der Waals surface area (Å²) in [5.41, 5.74) is 1.46. The molecule has 74 valence electrons. The van der Waals surface area contributed by atoms with Gasteiger partial charge in [0.25, 0.3) is 0 Å². The highest BCUT2D eigenvalue weighted by Gasteiger charge is 2.08. The molecule has 1 aromatic carbocycles. The van der Waals surface area contributed by atoms with E-state index in [4.69, 9.17) is 0 Å². The summed E-state index contributed by atoms with van der Waals surface area (Å²) in [5, 5.41) is 0.482. The monoisotopic (exact) mass is 216 g/mol. The maximum Gasteiger partial charge on any atom is -0.00959 e. The van der Waals surface area contributed by atoms with Crippen LogP contribution in [0.4, 0.5) is 0 Å². The topological polar surface area (TPSA) is 0 Å². The predicted molar refractivity (Wildman–Crippen MR) is 65.5 cm³/mol. The Morgan fingerprint density at radius 2 is 1.62 bits per heavy atom. The van der Waals surface area contributed by atoms with Crippen molar-refractivity contribution in [3.63, 3.8) is 0 Å². The standard InChI is InChI=1S/C11H17P.ClH/c1-11(2,3)12-9-10-7-5-4-6-8-10;/h4-8,12H,9H2,1-3H3;1H. The summed E-state index contributed by atoms with van der Waals surface area (Å²) in [4.78, 5) is 0. The molecule has 0 saturated carbocycles. The first kappa shape index (κ1) is 12.9. The van der Waals surface area contributed by atoms with Crippen molar-refractivity contribution in [3.8, 4) is 0 Å². The molecule has 0 spiro atoms. The van der Waals surface area contributed by atoms with Gasteiger partial charge in [0.2, 0.25) is 0 Å². The predicted octanol–water partition coefficient (Wildman–Crippen LogP) is 4.09. The van der Waals surface area contributed by atoms with Crippen molar-refractivity contribution < 1.29 is 0 Å². The van der Waals surface area contributed by atoms with Crippen molar-refractivity contribution >= 4 is 21.0 Å². The van der Waals surface area contributed by atoms with Gasteiger partial charge >= 0.3 is 0 Å². The molecule has 13 heavy (non-hydrogen) atoms. The van der Waals surface area contributed by atoms with Gasteiger partial charge in [-0.1, -0.05) is 51.1 Å². The largest absolute Gasteiger partial charge is 0.147 e. The van der Waals surface area contributed by atoms with Gasteiger partial charge in [-0.25, -0.2) is 0 Å². The van der Waals surface area contributed by atoms with Crippen LogP contribution in [-0.4, -0.2) is 5.16 Å². The van der Waals surface area contributed by atoms with Crippen molar-refractivity contribution in [1.82, 2.24) is 0 Å². The van der Waals surface area contributed by atoms with E-state index in [9.17, 15) is 0 Å². The fourth-order valence-corrected chi connectivity index (χ4v) is 1.93. The van der Waals surface area contributed by atoms with Crippen LogP contribution < -0.4 is 0 Å². The SMILES string of the molecule is CC(C)(C)PCc1ccccc1.Cl. The molecule has 0 saturated heterocycles. The molecule has 1 aromatic rings. The van der Waals surface area contributed by atoms with Crippen molar-refractivity contribution in [2.75, 3.05) is 0 Å². The van der Waals surface area contributed by atoms with E-state index < -0.39 is 0 Å². The molecule has 1 rings (SSSR count). The van der Waals surface area contributed by atoms with Crippen LogP contribution in [0.3, 0.4) is 0 Å². The first-order valence-corrected chi connectivity index (χ1v) is 5.57. The van der Waals surface area contributed by atoms with Crippen LogP contribution in [0.15, 0.2) is 30.3 Å². The van der Waals surface area contributed by atoms with E-state index in [1.165, 1.54) is 11.7 Å². The number of hydrogen-bond acceptors (Lipinski definition) is 0. The van der Waals surface area contributed by atoms with E-state index in [0.29, 0.717) is 5.16 Å². The number of halogens is 1. The van der Waals surface area contributed by atoms with E-state index in [1.807, 2.05) is 0 Å². The van der Waals surface area contributed by atoms with Crippen LogP contribution in [0.25, 0.3) is 0 Å². The van der Waals surface area contributed by atoms with E-state index in [0.717, 1.165) is 8.58 Å². The second-order valence-electron chi connectivity index (χ2n) is 4.09. The minimum atomic E-state index is 0. The Morgan fingerprint density at radius 3 is 2.08 bits per heavy atom. The Bertz CT molecular complexity index is 226. The molecular formula is C11H18ClP. The second-order valence-corrected chi connectivity index (χ2v) is 6.30. The molecule has 0 aliphatic rings. The maximum atomic E-state index is 2.30. The highest BCUT2D eigenvalue weighted by atomic mass is 35.5. The van der Waals surface area contributed by atoms with Crippen molar-refractivity contribution in [2.45, 2.75) is 32.1 Å². The quantitative estimate of drug-likeness (QED) is 0.654. The summed E-state index contributed by atoms with van der Waals surface area (Å²) in [6.45, 7) is 6.90. The van der Waals surface area contributed by atoms with Crippen LogP contribution in [0.1, 0.15) is 26.3 Å². The molecule has 0 aliphatic heterocycles. The Labute approximate surface area is 89.3 Å². The molecule has 2 heteroatoms. The Hall–Kier alpha value is -0.0600. The molecule has 1 atom stereocenters. The van der Waals surface area contributed by atoms with Crippen molar-refractivity contribution in [3.05, 3.63) is 35.9 Å². The Kier molecular flexibility index (Phi) is 5.60. The summed E-state index contributed by atoms with van der Waals surface area (Å²) in [5.74, 6) is 0. The summed E-state index contributed by atoms with van der Waals surface area (Å²) >= 11 is 0. The van der Waals surface area contributed by atoms with E-state index in [2.05, 4.69) is 51.1 Å². The van der Waals surface area contributed by atoms with Gasteiger partial charge in [0.05, 0.1) is 0 Å². The fraction of sp³-hybridized carbons (Fsp3) is 0.455. The molecule has 1 unspecified atom stereocenters. The zero-order valence-corrected chi connectivity index (χ0v) is 10.3. The molecular weight excluding hydrogens is 199 g/mol. The third-order valence-electron chi connectivity index (χ3n) is 1.67. The number of rotatable bonds is 2. The van der Waals surface area contributed by atoms with Gasteiger partial charge in [-0.2, -0.15) is 0 Å². The lowest BCUT2D eigenvalue weighted by atomic mass is 10.2. The highest BCUT2D eigenvalue weighted by Crippen LogP contribution is 2.33. The minimum Gasteiger partial charge on any atom is -0.147 e. The third-order valence-corrected chi connectivity index (χ3v) is 3.31. The van der Waals surface area contributed by atoms with Crippen LogP contribution >= 0.6 is 21.0 Å². The molecule has 0 aliphatic carbocycles. The van der Waals surface area contributed by atoms with Crippen molar-refractivity contribution in [2.24, 2.45) is 0 Å². The second kappa shape index (κ2) is 5.62. The lowest BCUT2D eigenvalue weighted by Crippen LogP contribution is -2.04. The molecule has 0 heterocycles. The van der Waals surface area contributed by atoms with E-state index >= 15 is 0 Å². The van der Waals surface area contributed by atoms with Gasteiger partial charge in [0, 0.05) is 0 Å². The molecule has 0 radical (unpaired) electrons. The summed E-state index contributed by atoms with van der Waals surface area (Å²) in [6.07, 6.45) is 1.23. The smallest absolute Gasteiger partial charge is 0.00959 e. The molecule has 0 bridgehead atoms. The van der Waals surface area contributed by atoms with Gasteiger partial charge in [-0.3, -0.25) is 0 Å². The van der Waals surface area contributed by atoms with E-state index in [1.54, 1.807) is 0 Å². The van der Waals surface area contributed by atoms with Crippen molar-refractivity contribution in [1.29, 1.82) is 0 Å². The third kappa shape index (κ3) is 6.07. The average molecular weight is 217 g/mol. The lowest BCUT2D eigenvalue weighted by Gasteiger charge is -2.17. The fourth-order valence-electron chi connectivity index (χ4n) is 0.963. The Balaban J connectivity index is 0.00000144. The maximum absolute atomic E-state index is 2.30. The average Bonchev–Trinajstić information content (AvgIpc) is 2.02. The van der Waals surface area contributed by atoms with Gasteiger partial charge in [-0.15, -0.1) is 21.0 Å². The number of benzene rings is 1. The van der Waals surface area contributed by atoms with Crippen LogP contribution in [0.5, 0.6) is 0 Å². The van der Waals surface area contributed by atoms with E-state index in [-0.39, 0.29) is 12.4 Å². The zero-order chi connectivity index (χ0) is 9.03. The minimum absolute atomic E-state index is 0. The van der Waals surface area contributed by atoms with Gasteiger partial charge in [0.1, 0.15) is 0 Å². The molecule has 0 fully saturated rings. The highest BCUT2D eigenvalue weighted by molar-refractivity contribution is 7.39. The number of hydrogen-bond donors (Lipinski definition) is 0. The molecule has 0 aromatic heterocycles. The van der Waals surface area contributed by atoms with Gasteiger partial charge in [-0.05, 0) is 16.9 Å². The van der Waals surface area contributed by atoms with Crippen LogP contribution in [0.2, 0.25) is 0 Å².